The molecule has 3 aromatic carbocycles. The van der Waals surface area contributed by atoms with Gasteiger partial charge in [0.1, 0.15) is 17.5 Å². The first kappa shape index (κ1) is 26.3. The number of nitrogens with one attached hydrogen (secondary N) is 2. The summed E-state index contributed by atoms with van der Waals surface area (Å²) in [4.78, 5) is 24.9. The molecule has 2 N–H and O–H groups in total. The molecule has 0 fully saturated rings. The molecule has 3 aromatic rings. The number of anilines is 2. The van der Waals surface area contributed by atoms with Gasteiger partial charge in [-0.05, 0) is 79.1 Å². The van der Waals surface area contributed by atoms with Crippen LogP contribution in [0.5, 0.6) is 11.5 Å². The van der Waals surface area contributed by atoms with Crippen molar-refractivity contribution < 1.29 is 23.5 Å². The van der Waals surface area contributed by atoms with Crippen molar-refractivity contribution in [3.05, 3.63) is 87.7 Å². The average Bonchev–Trinajstić information content (AvgIpc) is 2.85. The molecule has 0 aliphatic heterocycles. The third-order valence-electron chi connectivity index (χ3n) is 5.26. The van der Waals surface area contributed by atoms with E-state index in [9.17, 15) is 19.2 Å². The molecule has 0 bridgehead atoms. The number of methoxy groups -OCH3 is 1. The van der Waals surface area contributed by atoms with Crippen LogP contribution in [0.15, 0.2) is 60.2 Å². The fourth-order valence-corrected chi connectivity index (χ4v) is 3.50. The summed E-state index contributed by atoms with van der Waals surface area (Å²) in [5.41, 5.74) is 3.21. The van der Waals surface area contributed by atoms with E-state index in [4.69, 9.17) is 21.1 Å². The average molecular weight is 508 g/mol. The van der Waals surface area contributed by atoms with E-state index in [0.717, 1.165) is 11.1 Å². The molecule has 0 saturated carbocycles. The molecule has 0 aliphatic carbocycles. The summed E-state index contributed by atoms with van der Waals surface area (Å²) >= 11 is 6.36. The summed E-state index contributed by atoms with van der Waals surface area (Å²) in [6.07, 6.45) is 1.37. The van der Waals surface area contributed by atoms with Gasteiger partial charge in [0.05, 0.1) is 12.1 Å². The Hall–Kier alpha value is -4.35. The van der Waals surface area contributed by atoms with Crippen LogP contribution in [0.2, 0.25) is 5.02 Å². The number of hydrogen-bond acceptors (Lipinski definition) is 5. The molecule has 0 saturated heterocycles. The summed E-state index contributed by atoms with van der Waals surface area (Å²) < 4.78 is 23.9. The van der Waals surface area contributed by atoms with Gasteiger partial charge in [0.25, 0.3) is 11.8 Å². The molecule has 0 spiro atoms. The van der Waals surface area contributed by atoms with E-state index >= 15 is 0 Å². The second kappa shape index (κ2) is 11.9. The van der Waals surface area contributed by atoms with Crippen molar-refractivity contribution in [2.45, 2.75) is 13.8 Å². The van der Waals surface area contributed by atoms with Crippen LogP contribution in [0, 0.1) is 31.0 Å². The molecule has 0 aliphatic rings. The highest BCUT2D eigenvalue weighted by molar-refractivity contribution is 6.32. The molecular weight excluding hydrogens is 485 g/mol. The number of benzene rings is 3. The molecule has 184 valence electrons. The number of nitriles is 1. The topological polar surface area (TPSA) is 100 Å². The minimum Gasteiger partial charge on any atom is -0.493 e. The van der Waals surface area contributed by atoms with Crippen molar-refractivity contribution in [3.8, 4) is 17.6 Å². The summed E-state index contributed by atoms with van der Waals surface area (Å²) in [5.74, 6) is -1.16. The third kappa shape index (κ3) is 6.62. The first-order valence-corrected chi connectivity index (χ1v) is 11.1. The van der Waals surface area contributed by atoms with E-state index in [1.54, 1.807) is 6.07 Å². The lowest BCUT2D eigenvalue weighted by Gasteiger charge is -2.14. The monoisotopic (exact) mass is 507 g/mol. The second-order valence-electron chi connectivity index (χ2n) is 7.75. The normalized spacial score (nSPS) is 10.8. The maximum atomic E-state index is 13.0. The maximum absolute atomic E-state index is 13.0. The summed E-state index contributed by atoms with van der Waals surface area (Å²) in [6.45, 7) is 3.42. The van der Waals surface area contributed by atoms with Crippen LogP contribution in [0.3, 0.4) is 0 Å². The van der Waals surface area contributed by atoms with Gasteiger partial charge < -0.3 is 20.1 Å². The number of halogens is 2. The number of nitrogens with zero attached hydrogens (tertiary/aromatic N) is 1. The second-order valence-corrected chi connectivity index (χ2v) is 8.16. The zero-order valence-electron chi connectivity index (χ0n) is 19.8. The number of carbonyl (C=O) groups excluding carboxylic acids is 2. The molecule has 3 rings (SSSR count). The molecule has 7 nitrogen and oxygen atoms in total. The van der Waals surface area contributed by atoms with E-state index in [1.165, 1.54) is 49.6 Å². The van der Waals surface area contributed by atoms with Crippen molar-refractivity contribution in [3.63, 3.8) is 0 Å². The molecule has 0 radical (unpaired) electrons. The van der Waals surface area contributed by atoms with Crippen molar-refractivity contribution in [2.75, 3.05) is 24.4 Å². The van der Waals surface area contributed by atoms with E-state index in [2.05, 4.69) is 10.6 Å². The van der Waals surface area contributed by atoms with Crippen LogP contribution in [0.1, 0.15) is 16.7 Å². The smallest absolute Gasteiger partial charge is 0.266 e. The summed E-state index contributed by atoms with van der Waals surface area (Å²) in [7, 11) is 1.39. The fraction of sp³-hybridized carbons (Fsp3) is 0.148. The minimum atomic E-state index is -0.570. The van der Waals surface area contributed by atoms with Crippen LogP contribution in [0.4, 0.5) is 15.8 Å². The predicted molar refractivity (Wildman–Crippen MR) is 137 cm³/mol. The highest BCUT2D eigenvalue weighted by atomic mass is 35.5. The Morgan fingerprint density at radius 1 is 1.11 bits per heavy atom. The van der Waals surface area contributed by atoms with Gasteiger partial charge >= 0.3 is 0 Å². The summed E-state index contributed by atoms with van der Waals surface area (Å²) in [6, 6.07) is 15.7. The van der Waals surface area contributed by atoms with Crippen molar-refractivity contribution in [2.24, 2.45) is 0 Å². The zero-order chi connectivity index (χ0) is 26.2. The summed E-state index contributed by atoms with van der Waals surface area (Å²) in [5, 5.41) is 15.0. The lowest BCUT2D eigenvalue weighted by molar-refractivity contribution is -0.118. The number of aryl methyl sites for hydroxylation is 1. The van der Waals surface area contributed by atoms with E-state index in [-0.39, 0.29) is 28.7 Å². The molecule has 0 heterocycles. The first-order chi connectivity index (χ1) is 17.2. The zero-order valence-corrected chi connectivity index (χ0v) is 20.6. The van der Waals surface area contributed by atoms with Crippen LogP contribution >= 0.6 is 11.6 Å². The largest absolute Gasteiger partial charge is 0.493 e. The van der Waals surface area contributed by atoms with Crippen LogP contribution in [-0.2, 0) is 9.59 Å². The van der Waals surface area contributed by atoms with Gasteiger partial charge in [0, 0.05) is 11.4 Å². The lowest BCUT2D eigenvalue weighted by atomic mass is 10.1. The molecule has 36 heavy (non-hydrogen) atoms. The van der Waals surface area contributed by atoms with E-state index in [1.807, 2.05) is 32.0 Å². The highest BCUT2D eigenvalue weighted by Crippen LogP contribution is 2.37. The van der Waals surface area contributed by atoms with Crippen molar-refractivity contribution >= 4 is 40.9 Å². The number of rotatable bonds is 8. The Labute approximate surface area is 213 Å². The first-order valence-electron chi connectivity index (χ1n) is 10.8. The van der Waals surface area contributed by atoms with Crippen LogP contribution in [-0.4, -0.2) is 25.5 Å². The molecule has 9 heteroatoms. The van der Waals surface area contributed by atoms with Gasteiger partial charge in [-0.2, -0.15) is 5.26 Å². The Morgan fingerprint density at radius 2 is 1.83 bits per heavy atom. The molecule has 0 unspecified atom stereocenters. The predicted octanol–water partition coefficient (Wildman–Crippen LogP) is 5.67. The standard InChI is InChI=1S/C27H23ClFN3O4/c1-16-5-4-6-23(17(16)2)32-27(34)19(14-30)11-18-12-22(28)26(24(13-18)35-3)36-15-25(33)31-21-9-7-20(29)8-10-21/h4-13H,15H2,1-3H3,(H,31,33)(H,32,34)/b19-11-. The molecule has 0 aromatic heterocycles. The Morgan fingerprint density at radius 3 is 2.50 bits per heavy atom. The number of ether oxygens (including phenoxy) is 2. The molecule has 0 atom stereocenters. The minimum absolute atomic E-state index is 0.113. The van der Waals surface area contributed by atoms with Crippen LogP contribution in [0.25, 0.3) is 6.08 Å². The number of carbonyl (C=O) groups is 2. The van der Waals surface area contributed by atoms with Gasteiger partial charge in [-0.3, -0.25) is 9.59 Å². The Kier molecular flexibility index (Phi) is 8.66. The highest BCUT2D eigenvalue weighted by Gasteiger charge is 2.16. The SMILES string of the molecule is COc1cc(/C=C(/C#N)C(=O)Nc2cccc(C)c2C)cc(Cl)c1OCC(=O)Nc1ccc(F)cc1. The fourth-order valence-electron chi connectivity index (χ4n) is 3.22. The molecular formula is C27H23ClFN3O4. The number of hydrogen-bond donors (Lipinski definition) is 2. The van der Waals surface area contributed by atoms with Gasteiger partial charge in [0.15, 0.2) is 18.1 Å². The van der Waals surface area contributed by atoms with E-state index < -0.39 is 17.6 Å². The lowest BCUT2D eigenvalue weighted by Crippen LogP contribution is -2.20. The van der Waals surface area contributed by atoms with Gasteiger partial charge in [0.2, 0.25) is 0 Å². The van der Waals surface area contributed by atoms with Crippen LogP contribution < -0.4 is 20.1 Å². The van der Waals surface area contributed by atoms with Gasteiger partial charge in [-0.15, -0.1) is 0 Å². The molecule has 2 amide bonds. The maximum Gasteiger partial charge on any atom is 0.266 e. The van der Waals surface area contributed by atoms with Crippen molar-refractivity contribution in [1.29, 1.82) is 5.26 Å². The van der Waals surface area contributed by atoms with Gasteiger partial charge in [-0.1, -0.05) is 23.7 Å². The van der Waals surface area contributed by atoms with Crippen molar-refractivity contribution in [1.82, 2.24) is 0 Å². The number of amides is 2. The van der Waals surface area contributed by atoms with E-state index in [0.29, 0.717) is 16.9 Å². The third-order valence-corrected chi connectivity index (χ3v) is 5.54. The Balaban J connectivity index is 1.75. The quantitative estimate of drug-likeness (QED) is 0.302. The van der Waals surface area contributed by atoms with Gasteiger partial charge in [-0.25, -0.2) is 4.39 Å². The Bertz CT molecular complexity index is 1360.